The highest BCUT2D eigenvalue weighted by atomic mass is 35.5. The smallest absolute Gasteiger partial charge is 0.410 e. The molecule has 1 aliphatic rings. The summed E-state index contributed by atoms with van der Waals surface area (Å²) >= 11 is 6.29. The van der Waals surface area contributed by atoms with Gasteiger partial charge in [-0.2, -0.15) is 0 Å². The molecule has 0 radical (unpaired) electrons. The van der Waals surface area contributed by atoms with Gasteiger partial charge in [-0.1, -0.05) is 96.5 Å². The third-order valence-electron chi connectivity index (χ3n) is 7.66. The fourth-order valence-corrected chi connectivity index (χ4v) is 5.68. The Labute approximate surface area is 280 Å². The number of ketones is 1. The average Bonchev–Trinajstić information content (AvgIpc) is 3.47. The van der Waals surface area contributed by atoms with E-state index in [2.05, 4.69) is 17.4 Å². The van der Waals surface area contributed by atoms with Crippen LogP contribution in [0.1, 0.15) is 54.8 Å². The highest BCUT2D eigenvalue weighted by molar-refractivity contribution is 6.31. The Balaban J connectivity index is 1.20. The van der Waals surface area contributed by atoms with Crippen molar-refractivity contribution >= 4 is 35.4 Å². The van der Waals surface area contributed by atoms with Crippen molar-refractivity contribution in [1.29, 1.82) is 0 Å². The summed E-state index contributed by atoms with van der Waals surface area (Å²) in [7, 11) is 0. The lowest BCUT2D eigenvalue weighted by Crippen LogP contribution is -2.32. The van der Waals surface area contributed by atoms with Gasteiger partial charge >= 0.3 is 18.0 Å². The van der Waals surface area contributed by atoms with Gasteiger partial charge in [0.05, 0.1) is 5.56 Å². The first-order valence-corrected chi connectivity index (χ1v) is 15.3. The van der Waals surface area contributed by atoms with Crippen LogP contribution in [-0.4, -0.2) is 35.5 Å². The van der Waals surface area contributed by atoms with E-state index < -0.39 is 30.9 Å². The second-order valence-corrected chi connectivity index (χ2v) is 11.4. The SMILES string of the molecule is O=C(O)COc1cccc(C(NC(=O)OCc2ccc3c(c2)Cc2ccccc2-3)OC(=O)c2cc(Cl)cc(C(=O)c3ccccc3)c2)c1. The molecule has 1 amide bonds. The van der Waals surface area contributed by atoms with Gasteiger partial charge in [0.25, 0.3) is 0 Å². The number of carboxylic acid groups (broad SMARTS) is 1. The molecule has 48 heavy (non-hydrogen) atoms. The number of halogens is 1. The number of ether oxygens (including phenoxy) is 3. The van der Waals surface area contributed by atoms with E-state index in [1.807, 2.05) is 30.3 Å². The molecule has 9 nitrogen and oxygen atoms in total. The number of nitrogens with one attached hydrogen (secondary N) is 1. The van der Waals surface area contributed by atoms with Crippen molar-refractivity contribution in [3.63, 3.8) is 0 Å². The second kappa shape index (κ2) is 14.2. The number of rotatable bonds is 11. The number of carbonyl (C=O) groups excluding carboxylic acids is 3. The molecule has 10 heteroatoms. The number of esters is 1. The fraction of sp³-hybridized carbons (Fsp3) is 0.105. The summed E-state index contributed by atoms with van der Waals surface area (Å²) in [6.45, 7) is -0.646. The molecule has 0 heterocycles. The first-order valence-electron chi connectivity index (χ1n) is 14.9. The zero-order chi connectivity index (χ0) is 33.6. The first-order chi connectivity index (χ1) is 23.2. The Morgan fingerprint density at radius 1 is 0.750 bits per heavy atom. The van der Waals surface area contributed by atoms with Gasteiger partial charge in [-0.3, -0.25) is 10.1 Å². The molecule has 1 unspecified atom stereocenters. The summed E-state index contributed by atoms with van der Waals surface area (Å²) in [5.74, 6) is -2.24. The lowest BCUT2D eigenvalue weighted by molar-refractivity contribution is -0.139. The van der Waals surface area contributed by atoms with Crippen LogP contribution >= 0.6 is 11.6 Å². The van der Waals surface area contributed by atoms with Gasteiger partial charge in [-0.25, -0.2) is 14.4 Å². The number of carbonyl (C=O) groups is 4. The van der Waals surface area contributed by atoms with Gasteiger partial charge in [-0.05, 0) is 64.6 Å². The van der Waals surface area contributed by atoms with Crippen LogP contribution in [0.5, 0.6) is 5.75 Å². The molecule has 0 spiro atoms. The molecule has 5 aromatic carbocycles. The maximum absolute atomic E-state index is 13.5. The maximum atomic E-state index is 13.5. The van der Waals surface area contributed by atoms with E-state index in [0.717, 1.165) is 23.1 Å². The maximum Gasteiger partial charge on any atom is 0.410 e. The fourth-order valence-electron chi connectivity index (χ4n) is 5.45. The highest BCUT2D eigenvalue weighted by Gasteiger charge is 2.24. The molecule has 0 saturated carbocycles. The normalized spacial score (nSPS) is 11.9. The average molecular weight is 662 g/mol. The quantitative estimate of drug-likeness (QED) is 0.0836. The number of amides is 1. The summed E-state index contributed by atoms with van der Waals surface area (Å²) in [4.78, 5) is 50.7. The Bertz CT molecular complexity index is 2030. The van der Waals surface area contributed by atoms with Crippen molar-refractivity contribution < 1.29 is 38.5 Å². The third-order valence-corrected chi connectivity index (χ3v) is 7.87. The van der Waals surface area contributed by atoms with Crippen LogP contribution in [0.3, 0.4) is 0 Å². The van der Waals surface area contributed by atoms with Gasteiger partial charge in [-0.15, -0.1) is 0 Å². The molecular weight excluding hydrogens is 634 g/mol. The number of carboxylic acids is 1. The number of hydrogen-bond acceptors (Lipinski definition) is 7. The molecule has 0 aromatic heterocycles. The van der Waals surface area contributed by atoms with E-state index in [9.17, 15) is 19.2 Å². The van der Waals surface area contributed by atoms with E-state index in [1.165, 1.54) is 41.5 Å². The van der Waals surface area contributed by atoms with E-state index in [0.29, 0.717) is 5.56 Å². The Kier molecular flexibility index (Phi) is 9.50. The Morgan fingerprint density at radius 3 is 2.31 bits per heavy atom. The topological polar surface area (TPSA) is 128 Å². The van der Waals surface area contributed by atoms with Crippen molar-refractivity contribution in [2.45, 2.75) is 19.3 Å². The van der Waals surface area contributed by atoms with E-state index in [4.69, 9.17) is 30.9 Å². The van der Waals surface area contributed by atoms with E-state index in [-0.39, 0.29) is 39.9 Å². The highest BCUT2D eigenvalue weighted by Crippen LogP contribution is 2.36. The van der Waals surface area contributed by atoms with Gasteiger partial charge < -0.3 is 19.3 Å². The lowest BCUT2D eigenvalue weighted by atomic mass is 10.0. The number of aliphatic carboxylic acids is 1. The molecule has 0 aliphatic heterocycles. The summed E-state index contributed by atoms with van der Waals surface area (Å²) in [6.07, 6.45) is -1.48. The van der Waals surface area contributed by atoms with Crippen LogP contribution < -0.4 is 10.1 Å². The molecule has 0 saturated heterocycles. The molecule has 0 bridgehead atoms. The minimum absolute atomic E-state index is 0.0284. The molecule has 240 valence electrons. The summed E-state index contributed by atoms with van der Waals surface area (Å²) in [6, 6.07) is 32.8. The molecule has 2 N–H and O–H groups in total. The zero-order valence-corrected chi connectivity index (χ0v) is 26.1. The van der Waals surface area contributed by atoms with Crippen LogP contribution in [0.2, 0.25) is 5.02 Å². The Hall–Kier alpha value is -5.93. The van der Waals surface area contributed by atoms with Crippen molar-refractivity contribution in [3.8, 4) is 16.9 Å². The van der Waals surface area contributed by atoms with Gasteiger partial charge in [0.2, 0.25) is 6.23 Å². The molecule has 5 aromatic rings. The first kappa shape index (κ1) is 32.0. The molecule has 0 fully saturated rings. The van der Waals surface area contributed by atoms with Gasteiger partial charge in [0.15, 0.2) is 12.4 Å². The van der Waals surface area contributed by atoms with Crippen molar-refractivity contribution in [2.75, 3.05) is 6.61 Å². The van der Waals surface area contributed by atoms with Crippen LogP contribution in [-0.2, 0) is 27.3 Å². The zero-order valence-electron chi connectivity index (χ0n) is 25.4. The standard InChI is InChI=1S/C38H28ClNO8/c39-30-18-28(35(43)24-7-2-1-3-8-24)17-29(19-30)37(44)48-36(26-10-6-11-31(20-26)46-22-34(41)42)40-38(45)47-21-23-13-14-33-27(15-23)16-25-9-4-5-12-32(25)33/h1-15,17-20,36H,16,21-22H2,(H,40,45)(H,41,42). The van der Waals surface area contributed by atoms with Crippen LogP contribution in [0.4, 0.5) is 4.79 Å². The minimum Gasteiger partial charge on any atom is -0.482 e. The van der Waals surface area contributed by atoms with Crippen molar-refractivity contribution in [2.24, 2.45) is 0 Å². The van der Waals surface area contributed by atoms with Crippen LogP contribution in [0.25, 0.3) is 11.1 Å². The Morgan fingerprint density at radius 2 is 1.50 bits per heavy atom. The molecular formula is C38H28ClNO8. The molecule has 6 rings (SSSR count). The lowest BCUT2D eigenvalue weighted by Gasteiger charge is -2.20. The minimum atomic E-state index is -1.39. The monoisotopic (exact) mass is 661 g/mol. The van der Waals surface area contributed by atoms with Gasteiger partial charge in [0.1, 0.15) is 12.4 Å². The van der Waals surface area contributed by atoms with Crippen LogP contribution in [0, 0.1) is 0 Å². The molecule has 1 atom stereocenters. The van der Waals surface area contributed by atoms with E-state index >= 15 is 0 Å². The van der Waals surface area contributed by atoms with Crippen molar-refractivity contribution in [3.05, 3.63) is 159 Å². The number of fused-ring (bicyclic) bond motifs is 3. The number of benzene rings is 5. The van der Waals surface area contributed by atoms with Crippen molar-refractivity contribution in [1.82, 2.24) is 5.32 Å². The summed E-state index contributed by atoms with van der Waals surface area (Å²) in [5, 5.41) is 11.7. The van der Waals surface area contributed by atoms with E-state index in [1.54, 1.807) is 42.5 Å². The van der Waals surface area contributed by atoms with Crippen LogP contribution in [0.15, 0.2) is 115 Å². The number of alkyl carbamates (subject to hydrolysis) is 1. The number of hydrogen-bond donors (Lipinski definition) is 2. The third kappa shape index (κ3) is 7.54. The predicted molar refractivity (Wildman–Crippen MR) is 177 cm³/mol. The largest absolute Gasteiger partial charge is 0.482 e. The summed E-state index contributed by atoms with van der Waals surface area (Å²) in [5.41, 5.74) is 6.30. The predicted octanol–water partition coefficient (Wildman–Crippen LogP) is 7.39. The second-order valence-electron chi connectivity index (χ2n) is 11.0. The van der Waals surface area contributed by atoms with Gasteiger partial charge in [0, 0.05) is 21.7 Å². The molecule has 1 aliphatic carbocycles. The summed E-state index contributed by atoms with van der Waals surface area (Å²) < 4.78 is 16.5.